The lowest BCUT2D eigenvalue weighted by Gasteiger charge is -2.25. The van der Waals surface area contributed by atoms with Gasteiger partial charge in [0.2, 0.25) is 5.91 Å². The number of hydrogen-bond donors (Lipinski definition) is 2. The molecular weight excluding hydrogens is 389 g/mol. The van der Waals surface area contributed by atoms with E-state index in [4.69, 9.17) is 15.2 Å². The maximum absolute atomic E-state index is 12.3. The lowest BCUT2D eigenvalue weighted by molar-refractivity contribution is -0.126. The second kappa shape index (κ2) is 13.0. The summed E-state index contributed by atoms with van der Waals surface area (Å²) in [7, 11) is 5.64. The molecule has 1 aliphatic carbocycles. The fourth-order valence-corrected chi connectivity index (χ4v) is 3.08. The second-order valence-electron chi connectivity index (χ2n) is 6.98. The van der Waals surface area contributed by atoms with E-state index in [0.717, 1.165) is 43.5 Å². The third-order valence-corrected chi connectivity index (χ3v) is 4.58. The quantitative estimate of drug-likeness (QED) is 0.674. The summed E-state index contributed by atoms with van der Waals surface area (Å²) in [5.74, 6) is 1.54. The molecule has 1 fully saturated rings. The highest BCUT2D eigenvalue weighted by Gasteiger charge is 2.25. The first-order valence-electron chi connectivity index (χ1n) is 8.97. The second-order valence-corrected chi connectivity index (χ2v) is 6.98. The summed E-state index contributed by atoms with van der Waals surface area (Å²) < 4.78 is 11.2. The van der Waals surface area contributed by atoms with Crippen LogP contribution in [-0.4, -0.2) is 51.2 Å². The Labute approximate surface area is 175 Å². The molecule has 0 aromatic heterocycles. The van der Waals surface area contributed by atoms with E-state index in [1.165, 1.54) is 0 Å². The maximum atomic E-state index is 12.3. The van der Waals surface area contributed by atoms with E-state index in [0.29, 0.717) is 18.9 Å². The Morgan fingerprint density at radius 1 is 1.26 bits per heavy atom. The van der Waals surface area contributed by atoms with Crippen molar-refractivity contribution < 1.29 is 14.3 Å². The van der Waals surface area contributed by atoms with Crippen LogP contribution >= 0.6 is 24.8 Å². The summed E-state index contributed by atoms with van der Waals surface area (Å²) in [6.07, 6.45) is 3.78. The molecule has 0 radical (unpaired) electrons. The molecule has 1 saturated carbocycles. The van der Waals surface area contributed by atoms with Crippen molar-refractivity contribution in [1.29, 1.82) is 0 Å². The molecule has 1 aromatic carbocycles. The number of nitrogens with zero attached hydrogens (tertiary/aromatic N) is 1. The Balaban J connectivity index is 0.00000338. The van der Waals surface area contributed by atoms with Crippen molar-refractivity contribution in [1.82, 2.24) is 10.2 Å². The number of nitrogens with one attached hydrogen (secondary N) is 1. The number of nitrogens with two attached hydrogens (primary N) is 1. The number of amides is 1. The van der Waals surface area contributed by atoms with E-state index in [2.05, 4.69) is 10.2 Å². The normalized spacial score (nSPS) is 18.9. The van der Waals surface area contributed by atoms with E-state index in [1.54, 1.807) is 7.11 Å². The maximum Gasteiger partial charge on any atom is 0.223 e. The van der Waals surface area contributed by atoms with Crippen molar-refractivity contribution >= 4 is 30.7 Å². The molecule has 8 heteroatoms. The third-order valence-electron chi connectivity index (χ3n) is 4.58. The van der Waals surface area contributed by atoms with E-state index < -0.39 is 0 Å². The summed E-state index contributed by atoms with van der Waals surface area (Å²) >= 11 is 0. The monoisotopic (exact) mass is 421 g/mol. The largest absolute Gasteiger partial charge is 0.493 e. The molecule has 0 spiro atoms. The molecule has 1 aromatic rings. The molecule has 0 saturated heterocycles. The minimum Gasteiger partial charge on any atom is -0.493 e. The number of ether oxygens (including phenoxy) is 2. The van der Waals surface area contributed by atoms with Crippen LogP contribution in [0.3, 0.4) is 0 Å². The van der Waals surface area contributed by atoms with Gasteiger partial charge < -0.3 is 25.4 Å². The first-order chi connectivity index (χ1) is 12.0. The Bertz CT molecular complexity index is 573. The van der Waals surface area contributed by atoms with Crippen molar-refractivity contribution in [2.45, 2.75) is 38.3 Å². The van der Waals surface area contributed by atoms with Gasteiger partial charge in [0.05, 0.1) is 7.11 Å². The molecule has 1 amide bonds. The molecule has 2 unspecified atom stereocenters. The van der Waals surface area contributed by atoms with Gasteiger partial charge in [-0.25, -0.2) is 0 Å². The molecule has 0 heterocycles. The van der Waals surface area contributed by atoms with Gasteiger partial charge in [-0.05, 0) is 51.1 Å². The summed E-state index contributed by atoms with van der Waals surface area (Å²) in [5.41, 5.74) is 6.96. The number of halogens is 2. The summed E-state index contributed by atoms with van der Waals surface area (Å²) in [5, 5.41) is 3.02. The molecule has 2 atom stereocenters. The van der Waals surface area contributed by atoms with Crippen LogP contribution in [0.5, 0.6) is 11.5 Å². The molecule has 3 N–H and O–H groups in total. The molecule has 6 nitrogen and oxygen atoms in total. The van der Waals surface area contributed by atoms with E-state index >= 15 is 0 Å². The Morgan fingerprint density at radius 2 is 2.00 bits per heavy atom. The minimum absolute atomic E-state index is 0. The molecular formula is C19H33Cl2N3O3. The van der Waals surface area contributed by atoms with Gasteiger partial charge in [-0.3, -0.25) is 4.79 Å². The zero-order valence-electron chi connectivity index (χ0n) is 16.4. The molecule has 0 bridgehead atoms. The fourth-order valence-electron chi connectivity index (χ4n) is 3.08. The first kappa shape index (κ1) is 25.8. The van der Waals surface area contributed by atoms with Gasteiger partial charge in [0.1, 0.15) is 6.61 Å². The van der Waals surface area contributed by atoms with Crippen molar-refractivity contribution in [3.05, 3.63) is 23.8 Å². The van der Waals surface area contributed by atoms with Gasteiger partial charge in [0, 0.05) is 25.0 Å². The number of methoxy groups -OCH3 is 1. The van der Waals surface area contributed by atoms with Crippen LogP contribution in [0, 0.1) is 5.92 Å². The predicted molar refractivity (Wildman–Crippen MR) is 113 cm³/mol. The SMILES string of the molecule is COc1cc(CNC(=O)C2CCCC(N)C2)ccc1OCCN(C)C.Cl.Cl. The van der Waals surface area contributed by atoms with Crippen LogP contribution in [0.1, 0.15) is 31.2 Å². The van der Waals surface area contributed by atoms with Crippen LogP contribution < -0.4 is 20.5 Å². The Morgan fingerprint density at radius 3 is 2.63 bits per heavy atom. The highest BCUT2D eigenvalue weighted by atomic mass is 35.5. The minimum atomic E-state index is 0. The lowest BCUT2D eigenvalue weighted by atomic mass is 9.85. The number of benzene rings is 1. The highest BCUT2D eigenvalue weighted by molar-refractivity contribution is 5.85. The van der Waals surface area contributed by atoms with Crippen molar-refractivity contribution in [2.75, 3.05) is 34.4 Å². The van der Waals surface area contributed by atoms with E-state index in [-0.39, 0.29) is 42.7 Å². The van der Waals surface area contributed by atoms with Gasteiger partial charge in [0.25, 0.3) is 0 Å². The Kier molecular flexibility index (Phi) is 12.5. The number of hydrogen-bond acceptors (Lipinski definition) is 5. The molecule has 156 valence electrons. The zero-order valence-corrected chi connectivity index (χ0v) is 18.0. The van der Waals surface area contributed by atoms with Crippen LogP contribution in [0.4, 0.5) is 0 Å². The molecule has 27 heavy (non-hydrogen) atoms. The average Bonchev–Trinajstić information content (AvgIpc) is 2.60. The average molecular weight is 422 g/mol. The van der Waals surface area contributed by atoms with Gasteiger partial charge in [-0.1, -0.05) is 12.5 Å². The number of carbonyl (C=O) groups excluding carboxylic acids is 1. The summed E-state index contributed by atoms with van der Waals surface area (Å²) in [6.45, 7) is 1.92. The molecule has 0 aliphatic heterocycles. The van der Waals surface area contributed by atoms with Crippen LogP contribution in [0.25, 0.3) is 0 Å². The van der Waals surface area contributed by atoms with E-state index in [9.17, 15) is 4.79 Å². The number of likely N-dealkylation sites (N-methyl/N-ethyl adjacent to an activating group) is 1. The lowest BCUT2D eigenvalue weighted by Crippen LogP contribution is -2.37. The van der Waals surface area contributed by atoms with E-state index in [1.807, 2.05) is 32.3 Å². The Hall–Kier alpha value is -1.21. The van der Waals surface area contributed by atoms with Crippen molar-refractivity contribution in [3.63, 3.8) is 0 Å². The number of carbonyl (C=O) groups is 1. The summed E-state index contributed by atoms with van der Waals surface area (Å²) in [4.78, 5) is 14.4. The van der Waals surface area contributed by atoms with Crippen LogP contribution in [0.15, 0.2) is 18.2 Å². The standard InChI is InChI=1S/C19H31N3O3.2ClH/c1-22(2)9-10-25-17-8-7-14(11-18(17)24-3)13-21-19(23)15-5-4-6-16(20)12-15;;/h7-8,11,15-16H,4-6,9-10,12-13,20H2,1-3H3,(H,21,23);2*1H. The predicted octanol–water partition coefficient (Wildman–Crippen LogP) is 2.61. The van der Waals surface area contributed by atoms with Crippen LogP contribution in [-0.2, 0) is 11.3 Å². The first-order valence-corrected chi connectivity index (χ1v) is 8.97. The van der Waals surface area contributed by atoms with Crippen molar-refractivity contribution in [3.8, 4) is 11.5 Å². The highest BCUT2D eigenvalue weighted by Crippen LogP contribution is 2.28. The van der Waals surface area contributed by atoms with Gasteiger partial charge in [0.15, 0.2) is 11.5 Å². The fraction of sp³-hybridized carbons (Fsp3) is 0.632. The molecule has 2 rings (SSSR count). The van der Waals surface area contributed by atoms with Crippen LogP contribution in [0.2, 0.25) is 0 Å². The smallest absolute Gasteiger partial charge is 0.223 e. The topological polar surface area (TPSA) is 76.8 Å². The van der Waals surface area contributed by atoms with Gasteiger partial charge in [-0.15, -0.1) is 24.8 Å². The third kappa shape index (κ3) is 8.56. The van der Waals surface area contributed by atoms with Gasteiger partial charge in [-0.2, -0.15) is 0 Å². The zero-order chi connectivity index (χ0) is 18.2. The van der Waals surface area contributed by atoms with Crippen molar-refractivity contribution in [2.24, 2.45) is 11.7 Å². The number of rotatable bonds is 8. The van der Waals surface area contributed by atoms with Gasteiger partial charge >= 0.3 is 0 Å². The summed E-state index contributed by atoms with van der Waals surface area (Å²) in [6, 6.07) is 5.92. The molecule has 1 aliphatic rings.